The van der Waals surface area contributed by atoms with Crippen LogP contribution in [0.4, 0.5) is 5.69 Å². The van der Waals surface area contributed by atoms with Crippen LogP contribution in [0, 0.1) is 5.92 Å². The standard InChI is InChI=1S/C18H21NO2/c1-12(2)10-13-6-4-7-14(11-13)18(20)15-8-5-9-16(21-3)17(15)19/h4-9,11-12H,10,19H2,1-3H3. The zero-order valence-electron chi connectivity index (χ0n) is 12.7. The average Bonchev–Trinajstić information content (AvgIpc) is 2.46. The van der Waals surface area contributed by atoms with Gasteiger partial charge in [-0.2, -0.15) is 0 Å². The van der Waals surface area contributed by atoms with E-state index < -0.39 is 0 Å². The van der Waals surface area contributed by atoms with Gasteiger partial charge >= 0.3 is 0 Å². The molecule has 2 N–H and O–H groups in total. The Kier molecular flexibility index (Phi) is 4.63. The van der Waals surface area contributed by atoms with Gasteiger partial charge in [0.15, 0.2) is 5.78 Å². The maximum absolute atomic E-state index is 12.6. The van der Waals surface area contributed by atoms with Crippen LogP contribution in [-0.2, 0) is 6.42 Å². The molecule has 3 heteroatoms. The number of ketones is 1. The molecule has 0 spiro atoms. The Balaban J connectivity index is 2.36. The molecule has 0 aliphatic rings. The monoisotopic (exact) mass is 283 g/mol. The van der Waals surface area contributed by atoms with Gasteiger partial charge in [-0.1, -0.05) is 38.1 Å². The number of hydrogen-bond acceptors (Lipinski definition) is 3. The van der Waals surface area contributed by atoms with E-state index in [4.69, 9.17) is 10.5 Å². The number of rotatable bonds is 5. The fourth-order valence-corrected chi connectivity index (χ4v) is 2.39. The van der Waals surface area contributed by atoms with Crippen molar-refractivity contribution in [1.29, 1.82) is 0 Å². The lowest BCUT2D eigenvalue weighted by atomic mass is 9.96. The number of nitrogens with two attached hydrogens (primary N) is 1. The van der Waals surface area contributed by atoms with Crippen molar-refractivity contribution in [2.24, 2.45) is 5.92 Å². The van der Waals surface area contributed by atoms with Gasteiger partial charge in [-0.25, -0.2) is 0 Å². The Morgan fingerprint density at radius 1 is 1.19 bits per heavy atom. The van der Waals surface area contributed by atoms with E-state index in [9.17, 15) is 4.79 Å². The van der Waals surface area contributed by atoms with Crippen molar-refractivity contribution < 1.29 is 9.53 Å². The zero-order chi connectivity index (χ0) is 15.4. The van der Waals surface area contributed by atoms with Crippen molar-refractivity contribution in [3.05, 3.63) is 59.2 Å². The van der Waals surface area contributed by atoms with E-state index >= 15 is 0 Å². The third kappa shape index (κ3) is 3.43. The minimum atomic E-state index is -0.0722. The first-order valence-corrected chi connectivity index (χ1v) is 7.09. The fraction of sp³-hybridized carbons (Fsp3) is 0.278. The van der Waals surface area contributed by atoms with Crippen LogP contribution < -0.4 is 10.5 Å². The maximum atomic E-state index is 12.6. The summed E-state index contributed by atoms with van der Waals surface area (Å²) in [6, 6.07) is 13.0. The van der Waals surface area contributed by atoms with Crippen LogP contribution in [-0.4, -0.2) is 12.9 Å². The van der Waals surface area contributed by atoms with Gasteiger partial charge in [0.05, 0.1) is 12.8 Å². The summed E-state index contributed by atoms with van der Waals surface area (Å²) >= 11 is 0. The third-order valence-electron chi connectivity index (χ3n) is 3.36. The first kappa shape index (κ1) is 15.1. The summed E-state index contributed by atoms with van der Waals surface area (Å²) in [7, 11) is 1.54. The lowest BCUT2D eigenvalue weighted by Crippen LogP contribution is -2.07. The van der Waals surface area contributed by atoms with Crippen LogP contribution in [0.3, 0.4) is 0 Å². The van der Waals surface area contributed by atoms with Gasteiger partial charge in [-0.3, -0.25) is 4.79 Å². The van der Waals surface area contributed by atoms with Gasteiger partial charge < -0.3 is 10.5 Å². The molecular formula is C18H21NO2. The molecule has 0 aromatic heterocycles. The molecule has 0 fully saturated rings. The van der Waals surface area contributed by atoms with Crippen LogP contribution in [0.15, 0.2) is 42.5 Å². The second-order valence-electron chi connectivity index (χ2n) is 5.55. The van der Waals surface area contributed by atoms with Gasteiger partial charge in [-0.15, -0.1) is 0 Å². The topological polar surface area (TPSA) is 52.3 Å². The molecule has 0 aliphatic heterocycles. The van der Waals surface area contributed by atoms with Gasteiger partial charge in [0.25, 0.3) is 0 Å². The van der Waals surface area contributed by atoms with E-state index in [1.807, 2.05) is 24.3 Å². The molecule has 0 saturated heterocycles. The van der Waals surface area contributed by atoms with Crippen molar-refractivity contribution in [3.63, 3.8) is 0 Å². The highest BCUT2D eigenvalue weighted by molar-refractivity contribution is 6.12. The number of carbonyl (C=O) groups excluding carboxylic acids is 1. The van der Waals surface area contributed by atoms with Crippen molar-refractivity contribution in [2.45, 2.75) is 20.3 Å². The smallest absolute Gasteiger partial charge is 0.195 e. The Morgan fingerprint density at radius 3 is 2.57 bits per heavy atom. The predicted molar refractivity (Wildman–Crippen MR) is 85.8 cm³/mol. The van der Waals surface area contributed by atoms with Gasteiger partial charge in [0, 0.05) is 11.1 Å². The quantitative estimate of drug-likeness (QED) is 0.672. The van der Waals surface area contributed by atoms with Crippen LogP contribution in [0.1, 0.15) is 35.3 Å². The number of methoxy groups -OCH3 is 1. The van der Waals surface area contributed by atoms with Crippen molar-refractivity contribution in [3.8, 4) is 5.75 Å². The summed E-state index contributed by atoms with van der Waals surface area (Å²) in [4.78, 5) is 12.6. The molecule has 0 heterocycles. The van der Waals surface area contributed by atoms with Gasteiger partial charge in [-0.05, 0) is 36.1 Å². The maximum Gasteiger partial charge on any atom is 0.195 e. The molecule has 0 atom stereocenters. The SMILES string of the molecule is COc1cccc(C(=O)c2cccc(CC(C)C)c2)c1N. The average molecular weight is 283 g/mol. The van der Waals surface area contributed by atoms with Crippen molar-refractivity contribution in [1.82, 2.24) is 0 Å². The summed E-state index contributed by atoms with van der Waals surface area (Å²) in [5, 5.41) is 0. The molecule has 0 unspecified atom stereocenters. The number of anilines is 1. The Labute approximate surface area is 125 Å². The zero-order valence-corrected chi connectivity index (χ0v) is 12.7. The molecule has 2 rings (SSSR count). The second kappa shape index (κ2) is 6.44. The molecule has 110 valence electrons. The molecule has 0 aliphatic carbocycles. The van der Waals surface area contributed by atoms with E-state index in [2.05, 4.69) is 13.8 Å². The lowest BCUT2D eigenvalue weighted by molar-refractivity contribution is 0.103. The largest absolute Gasteiger partial charge is 0.495 e. The minimum absolute atomic E-state index is 0.0722. The third-order valence-corrected chi connectivity index (χ3v) is 3.36. The number of carbonyl (C=O) groups is 1. The number of benzene rings is 2. The number of para-hydroxylation sites is 1. The summed E-state index contributed by atoms with van der Waals surface area (Å²) in [5.41, 5.74) is 8.70. The highest BCUT2D eigenvalue weighted by Crippen LogP contribution is 2.27. The normalized spacial score (nSPS) is 10.7. The molecule has 3 nitrogen and oxygen atoms in total. The number of nitrogen functional groups attached to an aromatic ring is 1. The number of ether oxygens (including phenoxy) is 1. The summed E-state index contributed by atoms with van der Waals surface area (Å²) in [5.74, 6) is 1.01. The van der Waals surface area contributed by atoms with E-state index in [1.165, 1.54) is 0 Å². The van der Waals surface area contributed by atoms with E-state index in [0.29, 0.717) is 28.5 Å². The summed E-state index contributed by atoms with van der Waals surface area (Å²) < 4.78 is 5.17. The summed E-state index contributed by atoms with van der Waals surface area (Å²) in [6.45, 7) is 4.32. The Bertz CT molecular complexity index is 647. The Morgan fingerprint density at radius 2 is 1.90 bits per heavy atom. The lowest BCUT2D eigenvalue weighted by Gasteiger charge is -2.10. The molecule has 2 aromatic rings. The first-order valence-electron chi connectivity index (χ1n) is 7.09. The molecule has 0 radical (unpaired) electrons. The molecule has 0 bridgehead atoms. The molecular weight excluding hydrogens is 262 g/mol. The first-order chi connectivity index (χ1) is 10.0. The highest BCUT2D eigenvalue weighted by Gasteiger charge is 2.15. The van der Waals surface area contributed by atoms with E-state index in [-0.39, 0.29) is 5.78 Å². The fourth-order valence-electron chi connectivity index (χ4n) is 2.39. The molecule has 0 saturated carbocycles. The summed E-state index contributed by atoms with van der Waals surface area (Å²) in [6.07, 6.45) is 0.953. The second-order valence-corrected chi connectivity index (χ2v) is 5.55. The van der Waals surface area contributed by atoms with Gasteiger partial charge in [0.1, 0.15) is 5.75 Å². The minimum Gasteiger partial charge on any atom is -0.495 e. The predicted octanol–water partition coefficient (Wildman–Crippen LogP) is 3.71. The van der Waals surface area contributed by atoms with Gasteiger partial charge in [0.2, 0.25) is 0 Å². The van der Waals surface area contributed by atoms with E-state index in [1.54, 1.807) is 25.3 Å². The van der Waals surface area contributed by atoms with E-state index in [0.717, 1.165) is 12.0 Å². The highest BCUT2D eigenvalue weighted by atomic mass is 16.5. The molecule has 21 heavy (non-hydrogen) atoms. The molecule has 0 amide bonds. The van der Waals surface area contributed by atoms with Crippen LogP contribution >= 0.6 is 0 Å². The van der Waals surface area contributed by atoms with Crippen LogP contribution in [0.25, 0.3) is 0 Å². The van der Waals surface area contributed by atoms with Crippen LogP contribution in [0.2, 0.25) is 0 Å². The van der Waals surface area contributed by atoms with Crippen molar-refractivity contribution in [2.75, 3.05) is 12.8 Å². The van der Waals surface area contributed by atoms with Crippen LogP contribution in [0.5, 0.6) is 5.75 Å². The van der Waals surface area contributed by atoms with Crippen molar-refractivity contribution >= 4 is 11.5 Å². The number of hydrogen-bond donors (Lipinski definition) is 1. The Hall–Kier alpha value is -2.29. The molecule has 2 aromatic carbocycles.